The fraction of sp³-hybridized carbons (Fsp3) is 0.429. The second-order valence-corrected chi connectivity index (χ2v) is 5.53. The average molecular weight is 274 g/mol. The van der Waals surface area contributed by atoms with E-state index < -0.39 is 0 Å². The van der Waals surface area contributed by atoms with Gasteiger partial charge in [-0.1, -0.05) is 0 Å². The van der Waals surface area contributed by atoms with E-state index in [1.807, 2.05) is 6.07 Å². The minimum absolute atomic E-state index is 0.138. The lowest BCUT2D eigenvalue weighted by molar-refractivity contribution is 0.0541. The molecule has 4 N–H and O–H groups in total. The van der Waals surface area contributed by atoms with E-state index in [4.69, 9.17) is 10.5 Å². The number of nitrogens with one attached hydrogen (secondary N) is 2. The van der Waals surface area contributed by atoms with Crippen LogP contribution in [0.4, 0.5) is 11.4 Å². The lowest BCUT2D eigenvalue weighted by atomic mass is 9.94. The summed E-state index contributed by atoms with van der Waals surface area (Å²) in [6.07, 6.45) is 3.44. The topological polar surface area (TPSA) is 93.0 Å². The van der Waals surface area contributed by atoms with Crippen LogP contribution < -0.4 is 16.6 Å². The van der Waals surface area contributed by atoms with Crippen molar-refractivity contribution in [1.82, 2.24) is 9.97 Å². The number of hydrogen-bond donors (Lipinski definition) is 3. The lowest BCUT2D eigenvalue weighted by Crippen LogP contribution is -2.43. The Morgan fingerprint density at radius 1 is 1.50 bits per heavy atom. The van der Waals surface area contributed by atoms with Crippen molar-refractivity contribution in [3.63, 3.8) is 0 Å². The first-order valence-corrected chi connectivity index (χ1v) is 6.70. The molecule has 1 fully saturated rings. The smallest absolute Gasteiger partial charge is 0.258 e. The molecule has 20 heavy (non-hydrogen) atoms. The zero-order valence-corrected chi connectivity index (χ0v) is 11.4. The lowest BCUT2D eigenvalue weighted by Gasteiger charge is -2.35. The molecule has 1 aromatic carbocycles. The Morgan fingerprint density at radius 3 is 3.10 bits per heavy atom. The number of rotatable bonds is 2. The summed E-state index contributed by atoms with van der Waals surface area (Å²) in [7, 11) is 0. The zero-order valence-electron chi connectivity index (χ0n) is 11.4. The van der Waals surface area contributed by atoms with Crippen molar-refractivity contribution in [2.24, 2.45) is 0 Å². The summed E-state index contributed by atoms with van der Waals surface area (Å²) in [5.41, 5.74) is 7.70. The fourth-order valence-corrected chi connectivity index (χ4v) is 2.60. The minimum Gasteiger partial charge on any atom is -0.397 e. The first-order valence-electron chi connectivity index (χ1n) is 6.70. The normalized spacial score (nSPS) is 22.9. The highest BCUT2D eigenvalue weighted by molar-refractivity contribution is 5.88. The van der Waals surface area contributed by atoms with E-state index in [1.165, 1.54) is 6.33 Å². The molecule has 0 amide bonds. The Labute approximate surface area is 116 Å². The molecule has 106 valence electrons. The van der Waals surface area contributed by atoms with E-state index >= 15 is 0 Å². The first-order chi connectivity index (χ1) is 9.57. The van der Waals surface area contributed by atoms with Gasteiger partial charge in [-0.15, -0.1) is 0 Å². The van der Waals surface area contributed by atoms with Gasteiger partial charge in [-0.3, -0.25) is 4.79 Å². The number of aromatic amines is 1. The van der Waals surface area contributed by atoms with Gasteiger partial charge >= 0.3 is 0 Å². The fourth-order valence-electron chi connectivity index (χ4n) is 2.60. The van der Waals surface area contributed by atoms with Gasteiger partial charge in [0.25, 0.3) is 5.56 Å². The number of aromatic nitrogens is 2. The van der Waals surface area contributed by atoms with E-state index in [2.05, 4.69) is 22.2 Å². The zero-order chi connectivity index (χ0) is 14.2. The van der Waals surface area contributed by atoms with Gasteiger partial charge in [-0.2, -0.15) is 0 Å². The van der Waals surface area contributed by atoms with E-state index in [0.29, 0.717) is 23.2 Å². The van der Waals surface area contributed by atoms with Crippen LogP contribution in [0.3, 0.4) is 0 Å². The van der Waals surface area contributed by atoms with Crippen LogP contribution in [0.5, 0.6) is 0 Å². The van der Waals surface area contributed by atoms with E-state index in [9.17, 15) is 4.79 Å². The standard InChI is InChI=1S/C14H18N4O2/c1-14(3-2-4-20-7-14)18-12-6-11-9(5-10(12)15)13(19)17-8-16-11/h5-6,8,18H,2-4,7,15H2,1H3,(H,16,17,19). The highest BCUT2D eigenvalue weighted by Gasteiger charge is 2.28. The van der Waals surface area contributed by atoms with Crippen molar-refractivity contribution in [1.29, 1.82) is 0 Å². The Kier molecular flexibility index (Phi) is 3.10. The third kappa shape index (κ3) is 2.34. The molecule has 1 saturated heterocycles. The number of H-pyrrole nitrogens is 1. The summed E-state index contributed by atoms with van der Waals surface area (Å²) in [5.74, 6) is 0. The molecule has 0 aliphatic carbocycles. The molecule has 2 aromatic rings. The Bertz CT molecular complexity index is 689. The van der Waals surface area contributed by atoms with Gasteiger partial charge in [0, 0.05) is 6.61 Å². The number of nitrogens with zero attached hydrogens (tertiary/aromatic N) is 1. The van der Waals surface area contributed by atoms with E-state index in [0.717, 1.165) is 25.1 Å². The molecular formula is C14H18N4O2. The predicted molar refractivity (Wildman–Crippen MR) is 78.9 cm³/mol. The van der Waals surface area contributed by atoms with Gasteiger partial charge in [0.05, 0.1) is 40.8 Å². The maximum atomic E-state index is 11.7. The Hall–Kier alpha value is -2.08. The third-order valence-electron chi connectivity index (χ3n) is 3.69. The van der Waals surface area contributed by atoms with E-state index in [-0.39, 0.29) is 11.1 Å². The van der Waals surface area contributed by atoms with Gasteiger partial charge in [0.15, 0.2) is 0 Å². The van der Waals surface area contributed by atoms with Crippen molar-refractivity contribution in [2.45, 2.75) is 25.3 Å². The molecule has 0 saturated carbocycles. The first kappa shape index (κ1) is 12.9. The molecule has 0 radical (unpaired) electrons. The second-order valence-electron chi connectivity index (χ2n) is 5.53. The Morgan fingerprint density at radius 2 is 2.35 bits per heavy atom. The molecule has 6 heteroatoms. The molecule has 0 bridgehead atoms. The van der Waals surface area contributed by atoms with Crippen molar-refractivity contribution in [3.05, 3.63) is 28.8 Å². The van der Waals surface area contributed by atoms with Crippen LogP contribution in [0.1, 0.15) is 19.8 Å². The quantitative estimate of drug-likeness (QED) is 0.721. The maximum Gasteiger partial charge on any atom is 0.258 e. The second kappa shape index (κ2) is 4.79. The summed E-state index contributed by atoms with van der Waals surface area (Å²) >= 11 is 0. The molecule has 3 rings (SSSR count). The van der Waals surface area contributed by atoms with Crippen molar-refractivity contribution in [3.8, 4) is 0 Å². The molecule has 1 aromatic heterocycles. The molecular weight excluding hydrogens is 256 g/mol. The minimum atomic E-state index is -0.180. The molecule has 1 aliphatic heterocycles. The van der Waals surface area contributed by atoms with Gasteiger partial charge < -0.3 is 20.8 Å². The molecule has 1 atom stereocenters. The van der Waals surface area contributed by atoms with Crippen LogP contribution in [0, 0.1) is 0 Å². The molecule has 2 heterocycles. The van der Waals surface area contributed by atoms with Crippen LogP contribution in [0.2, 0.25) is 0 Å². The number of benzene rings is 1. The maximum absolute atomic E-state index is 11.7. The summed E-state index contributed by atoms with van der Waals surface area (Å²) in [4.78, 5) is 18.4. The van der Waals surface area contributed by atoms with Gasteiger partial charge in [0.2, 0.25) is 0 Å². The highest BCUT2D eigenvalue weighted by atomic mass is 16.5. The highest BCUT2D eigenvalue weighted by Crippen LogP contribution is 2.29. The largest absolute Gasteiger partial charge is 0.397 e. The summed E-state index contributed by atoms with van der Waals surface area (Å²) in [5, 5.41) is 3.94. The Balaban J connectivity index is 1.99. The molecule has 6 nitrogen and oxygen atoms in total. The molecule has 1 aliphatic rings. The van der Waals surface area contributed by atoms with Crippen molar-refractivity contribution in [2.75, 3.05) is 24.3 Å². The monoisotopic (exact) mass is 274 g/mol. The third-order valence-corrected chi connectivity index (χ3v) is 3.69. The summed E-state index contributed by atoms with van der Waals surface area (Å²) < 4.78 is 5.53. The number of nitrogen functional groups attached to an aromatic ring is 1. The SMILES string of the molecule is CC1(Nc2cc3nc[nH]c(=O)c3cc2N)CCCOC1. The average Bonchev–Trinajstić information content (AvgIpc) is 2.41. The van der Waals surface area contributed by atoms with Gasteiger partial charge in [-0.05, 0) is 31.9 Å². The van der Waals surface area contributed by atoms with Gasteiger partial charge in [0.1, 0.15) is 0 Å². The number of fused-ring (bicyclic) bond motifs is 1. The molecule has 0 spiro atoms. The van der Waals surface area contributed by atoms with Crippen molar-refractivity contribution >= 4 is 22.3 Å². The van der Waals surface area contributed by atoms with Crippen molar-refractivity contribution < 1.29 is 4.74 Å². The van der Waals surface area contributed by atoms with Crippen LogP contribution in [-0.2, 0) is 4.74 Å². The van der Waals surface area contributed by atoms with E-state index in [1.54, 1.807) is 6.07 Å². The number of ether oxygens (including phenoxy) is 1. The number of anilines is 2. The number of nitrogens with two attached hydrogens (primary N) is 1. The van der Waals surface area contributed by atoms with Crippen LogP contribution in [0.15, 0.2) is 23.3 Å². The number of hydrogen-bond acceptors (Lipinski definition) is 5. The van der Waals surface area contributed by atoms with Crippen LogP contribution in [-0.4, -0.2) is 28.7 Å². The van der Waals surface area contributed by atoms with Crippen LogP contribution in [0.25, 0.3) is 10.9 Å². The van der Waals surface area contributed by atoms with Crippen LogP contribution >= 0.6 is 0 Å². The van der Waals surface area contributed by atoms with Gasteiger partial charge in [-0.25, -0.2) is 4.98 Å². The molecule has 1 unspecified atom stereocenters. The predicted octanol–water partition coefficient (Wildman–Crippen LogP) is 1.49. The summed E-state index contributed by atoms with van der Waals surface area (Å²) in [6, 6.07) is 3.48. The summed E-state index contributed by atoms with van der Waals surface area (Å²) in [6.45, 7) is 3.57.